The van der Waals surface area contributed by atoms with Crippen LogP contribution in [0.5, 0.6) is 0 Å². The van der Waals surface area contributed by atoms with Crippen LogP contribution in [0.3, 0.4) is 0 Å². The lowest BCUT2D eigenvalue weighted by atomic mass is 10.1. The van der Waals surface area contributed by atoms with Crippen LogP contribution in [0.2, 0.25) is 0 Å². The van der Waals surface area contributed by atoms with Crippen molar-refractivity contribution in [2.75, 3.05) is 0 Å². The highest BCUT2D eigenvalue weighted by molar-refractivity contribution is 5.76. The second-order valence-electron chi connectivity index (χ2n) is 4.03. The fraction of sp³-hybridized carbons (Fsp3) is 0.889. The molecule has 2 atom stereocenters. The van der Waals surface area contributed by atoms with Gasteiger partial charge in [0.25, 0.3) is 0 Å². The van der Waals surface area contributed by atoms with Gasteiger partial charge in [-0.2, -0.15) is 0 Å². The van der Waals surface area contributed by atoms with E-state index in [-0.39, 0.29) is 0 Å². The highest BCUT2D eigenvalue weighted by Crippen LogP contribution is 2.09. The summed E-state index contributed by atoms with van der Waals surface area (Å²) in [5, 5.41) is 9.27. The highest BCUT2D eigenvalue weighted by atomic mass is 16.6. The minimum absolute atomic E-state index is 0.445. The van der Waals surface area contributed by atoms with Gasteiger partial charge in [0.15, 0.2) is 0 Å². The molecule has 0 spiro atoms. The van der Waals surface area contributed by atoms with Gasteiger partial charge in [0.1, 0.15) is 11.6 Å². The van der Waals surface area contributed by atoms with Crippen LogP contribution < -0.4 is 5.73 Å². The summed E-state index contributed by atoms with van der Waals surface area (Å²) in [5.41, 5.74) is 4.90. The minimum atomic E-state index is -0.941. The summed E-state index contributed by atoms with van der Waals surface area (Å²) in [5.74, 6) is -0.554. The summed E-state index contributed by atoms with van der Waals surface area (Å²) in [6.07, 6.45) is -0.379. The zero-order chi connectivity index (χ0) is 10.6. The van der Waals surface area contributed by atoms with Crippen molar-refractivity contribution in [1.82, 2.24) is 0 Å². The Morgan fingerprint density at radius 1 is 1.54 bits per heavy atom. The van der Waals surface area contributed by atoms with Crippen molar-refractivity contribution in [3.8, 4) is 0 Å². The van der Waals surface area contributed by atoms with E-state index < -0.39 is 23.7 Å². The number of hydrogen-bond donors (Lipinski definition) is 2. The summed E-state index contributed by atoms with van der Waals surface area (Å²) >= 11 is 0. The van der Waals surface area contributed by atoms with Crippen LogP contribution in [0.25, 0.3) is 0 Å². The first kappa shape index (κ1) is 12.4. The Labute approximate surface area is 79.1 Å². The first-order chi connectivity index (χ1) is 5.78. The Morgan fingerprint density at radius 3 is 2.31 bits per heavy atom. The predicted molar refractivity (Wildman–Crippen MR) is 50.1 cm³/mol. The normalized spacial score (nSPS) is 16.5. The minimum Gasteiger partial charge on any atom is -0.459 e. The third kappa shape index (κ3) is 4.85. The van der Waals surface area contributed by atoms with Crippen molar-refractivity contribution in [3.05, 3.63) is 0 Å². The maximum absolute atomic E-state index is 11.3. The van der Waals surface area contributed by atoms with Gasteiger partial charge in [-0.1, -0.05) is 6.92 Å². The summed E-state index contributed by atoms with van der Waals surface area (Å²) in [6, 6.07) is -0.941. The van der Waals surface area contributed by atoms with E-state index in [4.69, 9.17) is 10.5 Å². The zero-order valence-electron chi connectivity index (χ0n) is 8.70. The van der Waals surface area contributed by atoms with Gasteiger partial charge in [-0.3, -0.25) is 4.79 Å². The molecule has 0 aromatic carbocycles. The number of nitrogens with two attached hydrogens (primary N) is 1. The first-order valence-electron chi connectivity index (χ1n) is 4.44. The number of carbonyl (C=O) groups excluding carboxylic acids is 1. The molecule has 2 unspecified atom stereocenters. The summed E-state index contributed by atoms with van der Waals surface area (Å²) in [4.78, 5) is 11.3. The molecule has 0 heterocycles. The van der Waals surface area contributed by atoms with E-state index in [0.29, 0.717) is 6.42 Å². The molecule has 0 aliphatic rings. The molecule has 0 aromatic heterocycles. The molecule has 0 aromatic rings. The highest BCUT2D eigenvalue weighted by Gasteiger charge is 2.26. The van der Waals surface area contributed by atoms with Crippen molar-refractivity contribution >= 4 is 5.97 Å². The van der Waals surface area contributed by atoms with E-state index >= 15 is 0 Å². The standard InChI is InChI=1S/C9H19NO3/c1-5-6(11)7(10)8(12)13-9(2,3)4/h6-7,11H,5,10H2,1-4H3. The molecule has 0 radical (unpaired) electrons. The van der Waals surface area contributed by atoms with Gasteiger partial charge < -0.3 is 15.6 Å². The van der Waals surface area contributed by atoms with Crippen molar-refractivity contribution in [1.29, 1.82) is 0 Å². The lowest BCUT2D eigenvalue weighted by molar-refractivity contribution is -0.159. The summed E-state index contributed by atoms with van der Waals surface area (Å²) < 4.78 is 5.00. The Bertz CT molecular complexity index is 174. The fourth-order valence-corrected chi connectivity index (χ4v) is 0.781. The largest absolute Gasteiger partial charge is 0.459 e. The number of ether oxygens (including phenoxy) is 1. The number of esters is 1. The Balaban J connectivity index is 4.12. The molecule has 0 amide bonds. The van der Waals surface area contributed by atoms with Gasteiger partial charge in [0.05, 0.1) is 6.10 Å². The van der Waals surface area contributed by atoms with E-state index in [1.165, 1.54) is 0 Å². The van der Waals surface area contributed by atoms with Crippen LogP contribution in [0.15, 0.2) is 0 Å². The van der Waals surface area contributed by atoms with E-state index in [1.807, 2.05) is 0 Å². The van der Waals surface area contributed by atoms with Crippen molar-refractivity contribution in [2.45, 2.75) is 51.9 Å². The molecule has 0 saturated heterocycles. The smallest absolute Gasteiger partial charge is 0.326 e. The second-order valence-corrected chi connectivity index (χ2v) is 4.03. The third-order valence-corrected chi connectivity index (χ3v) is 1.51. The van der Waals surface area contributed by atoms with Gasteiger partial charge >= 0.3 is 5.97 Å². The molecular formula is C9H19NO3. The number of hydrogen-bond acceptors (Lipinski definition) is 4. The zero-order valence-corrected chi connectivity index (χ0v) is 8.70. The third-order valence-electron chi connectivity index (χ3n) is 1.51. The van der Waals surface area contributed by atoms with Gasteiger partial charge in [0.2, 0.25) is 0 Å². The molecule has 0 fully saturated rings. The van der Waals surface area contributed by atoms with Gasteiger partial charge in [0, 0.05) is 0 Å². The number of rotatable bonds is 3. The topological polar surface area (TPSA) is 72.5 Å². The SMILES string of the molecule is CCC(O)C(N)C(=O)OC(C)(C)C. The molecule has 0 bridgehead atoms. The average molecular weight is 189 g/mol. The van der Waals surface area contributed by atoms with E-state index in [1.54, 1.807) is 27.7 Å². The van der Waals surface area contributed by atoms with Crippen molar-refractivity contribution in [2.24, 2.45) is 5.73 Å². The number of aliphatic hydroxyl groups excluding tert-OH is 1. The molecule has 0 saturated carbocycles. The molecule has 4 nitrogen and oxygen atoms in total. The van der Waals surface area contributed by atoms with Crippen LogP contribution >= 0.6 is 0 Å². The van der Waals surface area contributed by atoms with Crippen LogP contribution in [-0.2, 0) is 9.53 Å². The number of aliphatic hydroxyl groups is 1. The number of carbonyl (C=O) groups is 1. The van der Waals surface area contributed by atoms with Crippen LogP contribution in [0.4, 0.5) is 0 Å². The molecular weight excluding hydrogens is 170 g/mol. The molecule has 0 aliphatic carbocycles. The molecule has 0 rings (SSSR count). The summed E-state index contributed by atoms with van der Waals surface area (Å²) in [6.45, 7) is 7.04. The lowest BCUT2D eigenvalue weighted by Gasteiger charge is -2.23. The van der Waals surface area contributed by atoms with Crippen LogP contribution in [0.1, 0.15) is 34.1 Å². The van der Waals surface area contributed by atoms with Crippen molar-refractivity contribution in [3.63, 3.8) is 0 Å². The molecule has 0 aliphatic heterocycles. The second kappa shape index (κ2) is 4.58. The first-order valence-corrected chi connectivity index (χ1v) is 4.44. The molecule has 78 valence electrons. The van der Waals surface area contributed by atoms with Crippen LogP contribution in [-0.4, -0.2) is 28.8 Å². The van der Waals surface area contributed by atoms with Gasteiger partial charge in [-0.15, -0.1) is 0 Å². The monoisotopic (exact) mass is 189 g/mol. The van der Waals surface area contributed by atoms with Crippen LogP contribution in [0, 0.1) is 0 Å². The van der Waals surface area contributed by atoms with E-state index in [2.05, 4.69) is 0 Å². The van der Waals surface area contributed by atoms with E-state index in [9.17, 15) is 9.90 Å². The van der Waals surface area contributed by atoms with Crippen molar-refractivity contribution < 1.29 is 14.6 Å². The predicted octanol–water partition coefficient (Wildman–Crippen LogP) is 0.426. The summed E-state index contributed by atoms with van der Waals surface area (Å²) in [7, 11) is 0. The van der Waals surface area contributed by atoms with Gasteiger partial charge in [-0.05, 0) is 27.2 Å². The molecule has 13 heavy (non-hydrogen) atoms. The Morgan fingerprint density at radius 2 is 2.00 bits per heavy atom. The fourth-order valence-electron chi connectivity index (χ4n) is 0.781. The Hall–Kier alpha value is -0.610. The van der Waals surface area contributed by atoms with Gasteiger partial charge in [-0.25, -0.2) is 0 Å². The lowest BCUT2D eigenvalue weighted by Crippen LogP contribution is -2.45. The quantitative estimate of drug-likeness (QED) is 0.631. The van der Waals surface area contributed by atoms with E-state index in [0.717, 1.165) is 0 Å². The maximum atomic E-state index is 11.3. The average Bonchev–Trinajstić information content (AvgIpc) is 1.98. The molecule has 4 heteroatoms. The maximum Gasteiger partial charge on any atom is 0.326 e. The molecule has 3 N–H and O–H groups in total. The Kier molecular flexibility index (Phi) is 4.36.